The number of methoxy groups -OCH3 is 1. The van der Waals surface area contributed by atoms with Crippen molar-refractivity contribution in [1.82, 2.24) is 0 Å². The molecular formula is C7H6BClF3O-. The van der Waals surface area contributed by atoms with Crippen LogP contribution in [0.3, 0.4) is 0 Å². The van der Waals surface area contributed by atoms with Crippen LogP contribution in [0.4, 0.5) is 12.9 Å². The van der Waals surface area contributed by atoms with Crippen molar-refractivity contribution in [2.45, 2.75) is 0 Å². The molecule has 0 spiro atoms. The predicted octanol–water partition coefficient (Wildman–Crippen LogP) is 2.40. The van der Waals surface area contributed by atoms with Gasteiger partial charge in [-0.3, -0.25) is 0 Å². The number of rotatable bonds is 2. The Morgan fingerprint density at radius 2 is 1.92 bits per heavy atom. The molecule has 0 saturated carbocycles. The fourth-order valence-corrected chi connectivity index (χ4v) is 1.27. The highest BCUT2D eigenvalue weighted by Gasteiger charge is 2.29. The van der Waals surface area contributed by atoms with Crippen LogP contribution in [0.2, 0.25) is 5.02 Å². The van der Waals surface area contributed by atoms with Crippen molar-refractivity contribution >= 4 is 24.0 Å². The first-order valence-corrected chi connectivity index (χ1v) is 3.87. The van der Waals surface area contributed by atoms with Crippen LogP contribution in [0.1, 0.15) is 0 Å². The minimum atomic E-state index is -5.07. The second-order valence-electron chi connectivity index (χ2n) is 2.44. The van der Waals surface area contributed by atoms with Crippen LogP contribution in [0.15, 0.2) is 18.2 Å². The van der Waals surface area contributed by atoms with Crippen LogP contribution in [0, 0.1) is 0 Å². The van der Waals surface area contributed by atoms with Crippen LogP contribution in [-0.2, 0) is 0 Å². The lowest BCUT2D eigenvalue weighted by molar-refractivity contribution is 0.414. The number of hydrogen-bond donors (Lipinski definition) is 0. The van der Waals surface area contributed by atoms with E-state index in [1.807, 2.05) is 0 Å². The van der Waals surface area contributed by atoms with E-state index in [9.17, 15) is 12.9 Å². The molecule has 1 rings (SSSR count). The van der Waals surface area contributed by atoms with Gasteiger partial charge in [-0.15, -0.1) is 0 Å². The number of ether oxygens (including phenoxy) is 1. The minimum absolute atomic E-state index is 0.0402. The lowest BCUT2D eigenvalue weighted by Crippen LogP contribution is -2.34. The molecule has 0 aliphatic rings. The monoisotopic (exact) mass is 209 g/mol. The van der Waals surface area contributed by atoms with Crippen LogP contribution in [-0.4, -0.2) is 14.1 Å². The van der Waals surface area contributed by atoms with Gasteiger partial charge < -0.3 is 17.7 Å². The normalized spacial score (nSPS) is 11.5. The third-order valence-corrected chi connectivity index (χ3v) is 1.97. The second kappa shape index (κ2) is 3.50. The van der Waals surface area contributed by atoms with Gasteiger partial charge in [0.25, 0.3) is 0 Å². The van der Waals surface area contributed by atoms with Gasteiger partial charge in [0.15, 0.2) is 0 Å². The predicted molar refractivity (Wildman–Crippen MR) is 46.7 cm³/mol. The number of halogens is 4. The first-order valence-electron chi connectivity index (χ1n) is 3.49. The molecule has 0 aromatic heterocycles. The molecule has 0 radical (unpaired) electrons. The molecule has 13 heavy (non-hydrogen) atoms. The fourth-order valence-electron chi connectivity index (χ4n) is 0.938. The standard InChI is InChI=1S/C7H6BClF3O/c1-13-6-4-2-3-5(7(6)9)8(10,11)12/h2-4H,1H3/q-1. The largest absolute Gasteiger partial charge is 0.511 e. The Balaban J connectivity index is 3.24. The summed E-state index contributed by atoms with van der Waals surface area (Å²) in [7, 11) is 1.27. The van der Waals surface area contributed by atoms with Crippen LogP contribution in [0.5, 0.6) is 5.75 Å². The van der Waals surface area contributed by atoms with E-state index in [0.29, 0.717) is 0 Å². The van der Waals surface area contributed by atoms with Gasteiger partial charge in [0.1, 0.15) is 5.75 Å². The van der Waals surface area contributed by atoms with E-state index in [1.54, 1.807) is 0 Å². The molecule has 0 heterocycles. The summed E-state index contributed by atoms with van der Waals surface area (Å²) >= 11 is 5.46. The molecular weight excluding hydrogens is 203 g/mol. The molecule has 1 nitrogen and oxygen atoms in total. The zero-order chi connectivity index (χ0) is 10.1. The van der Waals surface area contributed by atoms with Gasteiger partial charge in [-0.25, -0.2) is 0 Å². The maximum absolute atomic E-state index is 12.3. The van der Waals surface area contributed by atoms with E-state index in [2.05, 4.69) is 4.74 Å². The molecule has 72 valence electrons. The summed E-state index contributed by atoms with van der Waals surface area (Å²) < 4.78 is 41.5. The summed E-state index contributed by atoms with van der Waals surface area (Å²) in [4.78, 5) is 0. The number of benzene rings is 1. The fraction of sp³-hybridized carbons (Fsp3) is 0.143. The van der Waals surface area contributed by atoms with Gasteiger partial charge in [0, 0.05) is 0 Å². The molecule has 6 heteroatoms. The molecule has 0 aliphatic carbocycles. The quantitative estimate of drug-likeness (QED) is 0.680. The maximum Gasteiger partial charge on any atom is 0.511 e. The Bertz CT molecular complexity index is 313. The first-order chi connectivity index (χ1) is 5.96. The van der Waals surface area contributed by atoms with E-state index in [-0.39, 0.29) is 10.8 Å². The SMILES string of the molecule is COc1cccc([B-](F)(F)F)c1Cl. The van der Waals surface area contributed by atoms with Crippen molar-refractivity contribution in [3.8, 4) is 5.75 Å². The lowest BCUT2D eigenvalue weighted by atomic mass is 9.80. The van der Waals surface area contributed by atoms with Crippen molar-refractivity contribution in [1.29, 1.82) is 0 Å². The molecule has 0 aliphatic heterocycles. The van der Waals surface area contributed by atoms with Crippen molar-refractivity contribution in [2.24, 2.45) is 0 Å². The average Bonchev–Trinajstić information content (AvgIpc) is 2.02. The topological polar surface area (TPSA) is 9.23 Å². The summed E-state index contributed by atoms with van der Waals surface area (Å²) in [5, 5.41) is -0.377. The van der Waals surface area contributed by atoms with Crippen molar-refractivity contribution < 1.29 is 17.7 Å². The summed E-state index contributed by atoms with van der Waals surface area (Å²) in [6.45, 7) is -5.07. The highest BCUT2D eigenvalue weighted by Crippen LogP contribution is 2.25. The smallest absolute Gasteiger partial charge is 0.495 e. The molecule has 0 unspecified atom stereocenters. The van der Waals surface area contributed by atoms with Gasteiger partial charge in [0.05, 0.1) is 12.1 Å². The molecule has 0 bridgehead atoms. The Morgan fingerprint density at radius 3 is 2.38 bits per heavy atom. The molecule has 0 saturated heterocycles. The minimum Gasteiger partial charge on any atom is -0.495 e. The van der Waals surface area contributed by atoms with Gasteiger partial charge in [-0.05, 0) is 6.07 Å². The number of hydrogen-bond acceptors (Lipinski definition) is 1. The summed E-state index contributed by atoms with van der Waals surface area (Å²) in [5.74, 6) is 0.0402. The highest BCUT2D eigenvalue weighted by atomic mass is 35.5. The summed E-state index contributed by atoms with van der Waals surface area (Å²) in [6.07, 6.45) is 0. The van der Waals surface area contributed by atoms with Crippen molar-refractivity contribution in [3.63, 3.8) is 0 Å². The van der Waals surface area contributed by atoms with Gasteiger partial charge in [-0.2, -0.15) is 0 Å². The third-order valence-electron chi connectivity index (χ3n) is 1.57. The molecule has 1 aromatic carbocycles. The maximum atomic E-state index is 12.3. The van der Waals surface area contributed by atoms with Crippen LogP contribution in [0.25, 0.3) is 0 Å². The van der Waals surface area contributed by atoms with E-state index in [1.165, 1.54) is 19.2 Å². The van der Waals surface area contributed by atoms with Gasteiger partial charge in [-0.1, -0.05) is 29.2 Å². The molecule has 0 N–H and O–H groups in total. The van der Waals surface area contributed by atoms with E-state index >= 15 is 0 Å². The Hall–Kier alpha value is -0.835. The van der Waals surface area contributed by atoms with Crippen LogP contribution < -0.4 is 10.2 Å². The van der Waals surface area contributed by atoms with Gasteiger partial charge >= 0.3 is 6.98 Å². The molecule has 1 aromatic rings. The molecule has 0 fully saturated rings. The van der Waals surface area contributed by atoms with Crippen molar-refractivity contribution in [2.75, 3.05) is 7.11 Å². The van der Waals surface area contributed by atoms with E-state index in [0.717, 1.165) is 6.07 Å². The zero-order valence-corrected chi connectivity index (χ0v) is 7.49. The van der Waals surface area contributed by atoms with Crippen molar-refractivity contribution in [3.05, 3.63) is 23.2 Å². The summed E-state index contributed by atoms with van der Waals surface area (Å²) in [5.41, 5.74) is -0.819. The van der Waals surface area contributed by atoms with E-state index < -0.39 is 12.4 Å². The van der Waals surface area contributed by atoms with Gasteiger partial charge in [0.2, 0.25) is 0 Å². The summed E-state index contributed by atoms with van der Waals surface area (Å²) in [6, 6.07) is 3.58. The Labute approximate surface area is 78.5 Å². The van der Waals surface area contributed by atoms with E-state index in [4.69, 9.17) is 11.6 Å². The molecule has 0 atom stereocenters. The average molecular weight is 209 g/mol. The Kier molecular flexibility index (Phi) is 2.76. The second-order valence-corrected chi connectivity index (χ2v) is 2.82. The molecule has 0 amide bonds. The van der Waals surface area contributed by atoms with Crippen LogP contribution >= 0.6 is 11.6 Å². The zero-order valence-electron chi connectivity index (χ0n) is 6.73. The Morgan fingerprint density at radius 1 is 1.31 bits per heavy atom. The highest BCUT2D eigenvalue weighted by molar-refractivity contribution is 6.76. The lowest BCUT2D eigenvalue weighted by Gasteiger charge is -2.17. The third kappa shape index (κ3) is 2.09. The first kappa shape index (κ1) is 10.2.